The zero-order valence-corrected chi connectivity index (χ0v) is 9.91. The molecule has 16 heavy (non-hydrogen) atoms. The second-order valence-electron chi connectivity index (χ2n) is 4.07. The number of carbonyl (C=O) groups is 1. The molecule has 0 spiro atoms. The van der Waals surface area contributed by atoms with Gasteiger partial charge in [-0.3, -0.25) is 0 Å². The van der Waals surface area contributed by atoms with Crippen LogP contribution in [0, 0.1) is 5.92 Å². The number of anilines is 2. The Morgan fingerprint density at radius 2 is 2.19 bits per heavy atom. The van der Waals surface area contributed by atoms with Crippen molar-refractivity contribution in [2.75, 3.05) is 24.7 Å². The number of esters is 1. The van der Waals surface area contributed by atoms with Crippen LogP contribution in [0.25, 0.3) is 0 Å². The Labute approximate surface area is 95.8 Å². The number of benzene rings is 1. The normalized spacial score (nSPS) is 10.2. The van der Waals surface area contributed by atoms with Gasteiger partial charge in [-0.15, -0.1) is 0 Å². The number of hydrogen-bond donors (Lipinski definition) is 2. The zero-order chi connectivity index (χ0) is 12.1. The maximum absolute atomic E-state index is 11.5. The highest BCUT2D eigenvalue weighted by Crippen LogP contribution is 2.20. The minimum absolute atomic E-state index is 0.376. The minimum atomic E-state index is -0.376. The van der Waals surface area contributed by atoms with E-state index in [1.165, 1.54) is 7.11 Å². The van der Waals surface area contributed by atoms with Crippen molar-refractivity contribution < 1.29 is 9.53 Å². The lowest BCUT2D eigenvalue weighted by atomic mass is 10.1. The molecule has 0 aromatic heterocycles. The van der Waals surface area contributed by atoms with Gasteiger partial charge in [-0.25, -0.2) is 4.79 Å². The predicted octanol–water partition coefficient (Wildman–Crippen LogP) is 2.12. The first-order valence-corrected chi connectivity index (χ1v) is 5.26. The van der Waals surface area contributed by atoms with Crippen LogP contribution in [0.3, 0.4) is 0 Å². The molecule has 88 valence electrons. The highest BCUT2D eigenvalue weighted by molar-refractivity contribution is 5.96. The highest BCUT2D eigenvalue weighted by atomic mass is 16.5. The fraction of sp³-hybridized carbons (Fsp3) is 0.417. The SMILES string of the molecule is COC(=O)c1cc(N)ccc1NCC(C)C. The van der Waals surface area contributed by atoms with Gasteiger partial charge >= 0.3 is 5.97 Å². The predicted molar refractivity (Wildman–Crippen MR) is 65.5 cm³/mol. The number of carbonyl (C=O) groups excluding carboxylic acids is 1. The molecule has 0 saturated carbocycles. The second-order valence-corrected chi connectivity index (χ2v) is 4.07. The number of ether oxygens (including phenoxy) is 1. The standard InChI is InChI=1S/C12H18N2O2/c1-8(2)7-14-11-5-4-9(13)6-10(11)12(15)16-3/h4-6,8,14H,7,13H2,1-3H3. The van der Waals surface area contributed by atoms with Crippen LogP contribution in [0.15, 0.2) is 18.2 Å². The molecular weight excluding hydrogens is 204 g/mol. The van der Waals surface area contributed by atoms with Crippen molar-refractivity contribution in [1.82, 2.24) is 0 Å². The molecule has 0 aliphatic heterocycles. The molecule has 0 amide bonds. The van der Waals surface area contributed by atoms with Crippen LogP contribution >= 0.6 is 0 Å². The van der Waals surface area contributed by atoms with Crippen LogP contribution in [0.2, 0.25) is 0 Å². The Hall–Kier alpha value is -1.71. The number of nitrogens with two attached hydrogens (primary N) is 1. The maximum Gasteiger partial charge on any atom is 0.340 e. The van der Waals surface area contributed by atoms with Crippen LogP contribution in [0.4, 0.5) is 11.4 Å². The summed E-state index contributed by atoms with van der Waals surface area (Å²) in [4.78, 5) is 11.5. The second kappa shape index (κ2) is 5.39. The van der Waals surface area contributed by atoms with Crippen LogP contribution in [0.5, 0.6) is 0 Å². The molecule has 1 aromatic carbocycles. The summed E-state index contributed by atoms with van der Waals surface area (Å²) < 4.78 is 4.70. The smallest absolute Gasteiger partial charge is 0.340 e. The first-order valence-electron chi connectivity index (χ1n) is 5.26. The molecular formula is C12H18N2O2. The van der Waals surface area contributed by atoms with Gasteiger partial charge in [0.05, 0.1) is 12.7 Å². The summed E-state index contributed by atoms with van der Waals surface area (Å²) in [5, 5.41) is 3.20. The largest absolute Gasteiger partial charge is 0.465 e. The number of nitrogen functional groups attached to an aromatic ring is 1. The highest BCUT2D eigenvalue weighted by Gasteiger charge is 2.12. The van der Waals surface area contributed by atoms with Crippen molar-refractivity contribution in [3.63, 3.8) is 0 Å². The van der Waals surface area contributed by atoms with Gasteiger partial charge < -0.3 is 15.8 Å². The third-order valence-corrected chi connectivity index (χ3v) is 2.15. The van der Waals surface area contributed by atoms with Gasteiger partial charge in [0.1, 0.15) is 0 Å². The molecule has 4 nitrogen and oxygen atoms in total. The summed E-state index contributed by atoms with van der Waals surface area (Å²) in [5.41, 5.74) is 7.43. The fourth-order valence-electron chi connectivity index (χ4n) is 1.31. The van der Waals surface area contributed by atoms with Gasteiger partial charge in [-0.1, -0.05) is 13.8 Å². The van der Waals surface area contributed by atoms with Crippen molar-refractivity contribution in [1.29, 1.82) is 0 Å². The van der Waals surface area contributed by atoms with Crippen molar-refractivity contribution in [2.24, 2.45) is 5.92 Å². The van der Waals surface area contributed by atoms with E-state index in [4.69, 9.17) is 10.5 Å². The van der Waals surface area contributed by atoms with Crippen LogP contribution < -0.4 is 11.1 Å². The molecule has 4 heteroatoms. The molecule has 1 rings (SSSR count). The Bertz CT molecular complexity index is 375. The lowest BCUT2D eigenvalue weighted by molar-refractivity contribution is 0.0602. The quantitative estimate of drug-likeness (QED) is 0.605. The van der Waals surface area contributed by atoms with E-state index in [1.54, 1.807) is 18.2 Å². The van der Waals surface area contributed by atoms with E-state index in [-0.39, 0.29) is 5.97 Å². The molecule has 1 aromatic rings. The molecule has 0 bridgehead atoms. The lowest BCUT2D eigenvalue weighted by Crippen LogP contribution is -2.12. The van der Waals surface area contributed by atoms with E-state index >= 15 is 0 Å². The van der Waals surface area contributed by atoms with Crippen LogP contribution in [0.1, 0.15) is 24.2 Å². The van der Waals surface area contributed by atoms with Crippen molar-refractivity contribution in [3.05, 3.63) is 23.8 Å². The van der Waals surface area contributed by atoms with Crippen LogP contribution in [-0.2, 0) is 4.74 Å². The van der Waals surface area contributed by atoms with Gasteiger partial charge in [0, 0.05) is 17.9 Å². The van der Waals surface area contributed by atoms with Gasteiger partial charge in [0.25, 0.3) is 0 Å². The van der Waals surface area contributed by atoms with E-state index in [9.17, 15) is 4.79 Å². The maximum atomic E-state index is 11.5. The van der Waals surface area contributed by atoms with Crippen LogP contribution in [-0.4, -0.2) is 19.6 Å². The monoisotopic (exact) mass is 222 g/mol. The summed E-state index contributed by atoms with van der Waals surface area (Å²) in [6.45, 7) is 5.00. The number of rotatable bonds is 4. The summed E-state index contributed by atoms with van der Waals surface area (Å²) in [7, 11) is 1.36. The summed E-state index contributed by atoms with van der Waals surface area (Å²) in [6.07, 6.45) is 0. The number of methoxy groups -OCH3 is 1. The molecule has 0 heterocycles. The zero-order valence-electron chi connectivity index (χ0n) is 9.91. The van der Waals surface area contributed by atoms with Crippen molar-refractivity contribution in [3.8, 4) is 0 Å². The third-order valence-electron chi connectivity index (χ3n) is 2.15. The molecule has 0 radical (unpaired) electrons. The van der Waals surface area contributed by atoms with Gasteiger partial charge in [-0.05, 0) is 24.1 Å². The molecule has 3 N–H and O–H groups in total. The molecule has 0 atom stereocenters. The summed E-state index contributed by atoms with van der Waals surface area (Å²) >= 11 is 0. The summed E-state index contributed by atoms with van der Waals surface area (Å²) in [6, 6.07) is 5.17. The average molecular weight is 222 g/mol. The lowest BCUT2D eigenvalue weighted by Gasteiger charge is -2.13. The molecule has 0 unspecified atom stereocenters. The van der Waals surface area contributed by atoms with Gasteiger partial charge in [0.2, 0.25) is 0 Å². The first kappa shape index (κ1) is 12.4. The van der Waals surface area contributed by atoms with Gasteiger partial charge in [0.15, 0.2) is 0 Å². The van der Waals surface area contributed by atoms with Crippen molar-refractivity contribution >= 4 is 17.3 Å². The van der Waals surface area contributed by atoms with E-state index in [1.807, 2.05) is 0 Å². The Morgan fingerprint density at radius 3 is 2.75 bits per heavy atom. The summed E-state index contributed by atoms with van der Waals surface area (Å²) in [5.74, 6) is 0.126. The topological polar surface area (TPSA) is 64.3 Å². The van der Waals surface area contributed by atoms with E-state index in [0.29, 0.717) is 17.2 Å². The Kier molecular flexibility index (Phi) is 4.17. The van der Waals surface area contributed by atoms with E-state index in [2.05, 4.69) is 19.2 Å². The molecule has 0 fully saturated rings. The molecule has 0 aliphatic carbocycles. The third kappa shape index (κ3) is 3.15. The van der Waals surface area contributed by atoms with Gasteiger partial charge in [-0.2, -0.15) is 0 Å². The Morgan fingerprint density at radius 1 is 1.50 bits per heavy atom. The first-order chi connectivity index (χ1) is 7.54. The fourth-order valence-corrected chi connectivity index (χ4v) is 1.31. The van der Waals surface area contributed by atoms with E-state index < -0.39 is 0 Å². The number of nitrogens with one attached hydrogen (secondary N) is 1. The Balaban J connectivity index is 2.93. The number of hydrogen-bond acceptors (Lipinski definition) is 4. The molecule has 0 saturated heterocycles. The molecule has 0 aliphatic rings. The van der Waals surface area contributed by atoms with Crippen molar-refractivity contribution in [2.45, 2.75) is 13.8 Å². The van der Waals surface area contributed by atoms with E-state index in [0.717, 1.165) is 12.2 Å². The minimum Gasteiger partial charge on any atom is -0.465 e. The average Bonchev–Trinajstić information content (AvgIpc) is 2.26.